The number of anilines is 1. The number of ether oxygens (including phenoxy) is 1. The Hall–Kier alpha value is -2.32. The molecule has 1 aliphatic heterocycles. The van der Waals surface area contributed by atoms with Crippen molar-refractivity contribution in [2.24, 2.45) is 7.05 Å². The van der Waals surface area contributed by atoms with Crippen LogP contribution in [0.25, 0.3) is 0 Å². The van der Waals surface area contributed by atoms with Crippen molar-refractivity contribution in [1.29, 1.82) is 0 Å². The summed E-state index contributed by atoms with van der Waals surface area (Å²) in [6.07, 6.45) is 1.47. The third-order valence-corrected chi connectivity index (χ3v) is 6.89. The molecule has 0 bridgehead atoms. The van der Waals surface area contributed by atoms with Crippen LogP contribution in [0.2, 0.25) is 0 Å². The minimum absolute atomic E-state index is 0.0412. The fourth-order valence-electron chi connectivity index (χ4n) is 3.49. The van der Waals surface area contributed by atoms with E-state index in [9.17, 15) is 13.2 Å². The largest absolute Gasteiger partial charge is 0.461 e. The lowest BCUT2D eigenvalue weighted by atomic mass is 10.1. The molecule has 7 nitrogen and oxygen atoms in total. The van der Waals surface area contributed by atoms with Crippen LogP contribution in [0.5, 0.6) is 0 Å². The fraction of sp³-hybridized carbons (Fsp3) is 0.450. The van der Waals surface area contributed by atoms with Crippen LogP contribution in [-0.4, -0.2) is 55.5 Å². The number of aryl methyl sites for hydroxylation is 2. The van der Waals surface area contributed by atoms with E-state index >= 15 is 0 Å². The second kappa shape index (κ2) is 7.97. The summed E-state index contributed by atoms with van der Waals surface area (Å²) >= 11 is 0. The number of hydrogen-bond donors (Lipinski definition) is 0. The van der Waals surface area contributed by atoms with Gasteiger partial charge in [-0.2, -0.15) is 4.31 Å². The highest BCUT2D eigenvalue weighted by Crippen LogP contribution is 2.25. The first kappa shape index (κ1) is 20.4. The Bertz CT molecular complexity index is 950. The molecule has 8 heteroatoms. The summed E-state index contributed by atoms with van der Waals surface area (Å²) in [5.41, 5.74) is 2.52. The normalized spacial score (nSPS) is 18.3. The number of nitrogens with zero attached hydrogens (tertiary/aromatic N) is 3. The predicted molar refractivity (Wildman–Crippen MR) is 108 cm³/mol. The molecular weight excluding hydrogens is 378 g/mol. The van der Waals surface area contributed by atoms with Gasteiger partial charge in [0.25, 0.3) is 0 Å². The summed E-state index contributed by atoms with van der Waals surface area (Å²) in [4.78, 5) is 14.3. The highest BCUT2D eigenvalue weighted by atomic mass is 32.2. The number of rotatable bonds is 5. The van der Waals surface area contributed by atoms with E-state index in [1.807, 2.05) is 13.8 Å². The maximum absolute atomic E-state index is 13.1. The van der Waals surface area contributed by atoms with Crippen LogP contribution >= 0.6 is 0 Å². The molecule has 0 N–H and O–H groups in total. The van der Waals surface area contributed by atoms with E-state index in [4.69, 9.17) is 4.74 Å². The van der Waals surface area contributed by atoms with Crippen molar-refractivity contribution >= 4 is 21.7 Å². The van der Waals surface area contributed by atoms with Crippen molar-refractivity contribution in [2.75, 3.05) is 31.1 Å². The summed E-state index contributed by atoms with van der Waals surface area (Å²) < 4.78 is 34.2. The van der Waals surface area contributed by atoms with E-state index in [2.05, 4.69) is 29.2 Å². The van der Waals surface area contributed by atoms with E-state index in [0.717, 1.165) is 5.69 Å². The lowest BCUT2D eigenvalue weighted by molar-refractivity contribution is 0.0515. The van der Waals surface area contributed by atoms with Gasteiger partial charge in [0.05, 0.1) is 6.61 Å². The van der Waals surface area contributed by atoms with Crippen molar-refractivity contribution in [3.63, 3.8) is 0 Å². The molecule has 1 aromatic carbocycles. The fourth-order valence-corrected chi connectivity index (χ4v) is 5.08. The molecule has 1 atom stereocenters. The van der Waals surface area contributed by atoms with Crippen molar-refractivity contribution in [3.05, 3.63) is 47.8 Å². The summed E-state index contributed by atoms with van der Waals surface area (Å²) in [6, 6.07) is 9.69. The summed E-state index contributed by atoms with van der Waals surface area (Å²) in [5, 5.41) is 0. The first-order valence-electron chi connectivity index (χ1n) is 9.41. The molecule has 1 aromatic heterocycles. The lowest BCUT2D eigenvalue weighted by Gasteiger charge is -2.40. The zero-order chi connectivity index (χ0) is 20.5. The average Bonchev–Trinajstić information content (AvgIpc) is 3.05. The minimum atomic E-state index is -3.68. The summed E-state index contributed by atoms with van der Waals surface area (Å²) in [7, 11) is -2.04. The summed E-state index contributed by atoms with van der Waals surface area (Å²) in [5.74, 6) is -0.524. The first-order valence-corrected chi connectivity index (χ1v) is 10.8. The van der Waals surface area contributed by atoms with Gasteiger partial charge in [-0.3, -0.25) is 0 Å². The Morgan fingerprint density at radius 2 is 1.89 bits per heavy atom. The van der Waals surface area contributed by atoms with Gasteiger partial charge in [-0.1, -0.05) is 17.7 Å². The van der Waals surface area contributed by atoms with E-state index in [0.29, 0.717) is 19.6 Å². The molecule has 28 heavy (non-hydrogen) atoms. The Kier molecular flexibility index (Phi) is 5.81. The molecular formula is C20H27N3O4S. The molecule has 2 aromatic rings. The molecule has 1 fully saturated rings. The third-order valence-electron chi connectivity index (χ3n) is 5.06. The molecule has 3 rings (SSSR count). The zero-order valence-electron chi connectivity index (χ0n) is 16.8. The van der Waals surface area contributed by atoms with Gasteiger partial charge in [-0.05, 0) is 39.0 Å². The topological polar surface area (TPSA) is 71.8 Å². The van der Waals surface area contributed by atoms with Gasteiger partial charge in [0, 0.05) is 44.6 Å². The van der Waals surface area contributed by atoms with Gasteiger partial charge in [0.15, 0.2) is 0 Å². The Balaban J connectivity index is 1.78. The standard InChI is InChI=1S/C20H27N3O4S/c1-5-27-20(24)19-12-18(14-21(19)4)28(25,26)22-10-11-23(16(3)13-22)17-8-6-15(2)7-9-17/h6-9,12,14,16H,5,10-11,13H2,1-4H3. The van der Waals surface area contributed by atoms with Gasteiger partial charge < -0.3 is 14.2 Å². The SMILES string of the molecule is CCOC(=O)c1cc(S(=O)(=O)N2CCN(c3ccc(C)cc3)C(C)C2)cn1C. The maximum Gasteiger partial charge on any atom is 0.354 e. The number of aromatic nitrogens is 1. The molecule has 0 aliphatic carbocycles. The number of benzene rings is 1. The molecule has 152 valence electrons. The van der Waals surface area contributed by atoms with Crippen LogP contribution in [0.3, 0.4) is 0 Å². The lowest BCUT2D eigenvalue weighted by Crippen LogP contribution is -2.53. The molecule has 0 amide bonds. The van der Waals surface area contributed by atoms with Crippen LogP contribution in [0, 0.1) is 6.92 Å². The van der Waals surface area contributed by atoms with Crippen LogP contribution in [0.4, 0.5) is 5.69 Å². The van der Waals surface area contributed by atoms with Crippen LogP contribution in [-0.2, 0) is 21.8 Å². The van der Waals surface area contributed by atoms with Crippen LogP contribution in [0.15, 0.2) is 41.4 Å². The number of carbonyl (C=O) groups is 1. The first-order chi connectivity index (χ1) is 13.2. The van der Waals surface area contributed by atoms with Crippen molar-refractivity contribution in [2.45, 2.75) is 31.7 Å². The predicted octanol–water partition coefficient (Wildman–Crippen LogP) is 2.41. The Labute approximate surface area is 166 Å². The van der Waals surface area contributed by atoms with Crippen LogP contribution in [0.1, 0.15) is 29.9 Å². The van der Waals surface area contributed by atoms with Gasteiger partial charge >= 0.3 is 5.97 Å². The Morgan fingerprint density at radius 1 is 1.21 bits per heavy atom. The smallest absolute Gasteiger partial charge is 0.354 e. The number of sulfonamides is 1. The summed E-state index contributed by atoms with van der Waals surface area (Å²) in [6.45, 7) is 7.42. The molecule has 0 saturated carbocycles. The van der Waals surface area contributed by atoms with E-state index in [1.54, 1.807) is 14.0 Å². The molecule has 1 aliphatic rings. The number of carbonyl (C=O) groups excluding carboxylic acids is 1. The highest BCUT2D eigenvalue weighted by molar-refractivity contribution is 7.89. The van der Waals surface area contributed by atoms with Crippen molar-refractivity contribution < 1.29 is 17.9 Å². The van der Waals surface area contributed by atoms with E-state index < -0.39 is 16.0 Å². The second-order valence-corrected chi connectivity index (χ2v) is 9.07. The maximum atomic E-state index is 13.1. The molecule has 0 spiro atoms. The molecule has 1 unspecified atom stereocenters. The number of esters is 1. The van der Waals surface area contributed by atoms with Gasteiger partial charge in [0.1, 0.15) is 10.6 Å². The van der Waals surface area contributed by atoms with Gasteiger partial charge in [-0.15, -0.1) is 0 Å². The third kappa shape index (κ3) is 3.93. The monoisotopic (exact) mass is 405 g/mol. The van der Waals surface area contributed by atoms with Gasteiger partial charge in [0.2, 0.25) is 10.0 Å². The average molecular weight is 406 g/mol. The molecule has 1 saturated heterocycles. The Morgan fingerprint density at radius 3 is 2.50 bits per heavy atom. The van der Waals surface area contributed by atoms with Crippen molar-refractivity contribution in [1.82, 2.24) is 8.87 Å². The second-order valence-electron chi connectivity index (χ2n) is 7.13. The van der Waals surface area contributed by atoms with Crippen molar-refractivity contribution in [3.8, 4) is 0 Å². The molecule has 2 heterocycles. The van der Waals surface area contributed by atoms with E-state index in [-0.39, 0.29) is 23.2 Å². The molecule has 0 radical (unpaired) electrons. The number of hydrogen-bond acceptors (Lipinski definition) is 5. The zero-order valence-corrected chi connectivity index (χ0v) is 17.6. The quantitative estimate of drug-likeness (QED) is 0.715. The van der Waals surface area contributed by atoms with Crippen LogP contribution < -0.4 is 4.90 Å². The van der Waals surface area contributed by atoms with E-state index in [1.165, 1.54) is 26.7 Å². The van der Waals surface area contributed by atoms with Gasteiger partial charge in [-0.25, -0.2) is 13.2 Å². The highest BCUT2D eigenvalue weighted by Gasteiger charge is 2.33. The minimum Gasteiger partial charge on any atom is -0.461 e. The number of piperazine rings is 1.